The second-order valence-corrected chi connectivity index (χ2v) is 5.06. The van der Waals surface area contributed by atoms with Crippen molar-refractivity contribution in [2.75, 3.05) is 6.61 Å². The minimum absolute atomic E-state index is 0.163. The number of carbonyl (C=O) groups is 1. The molecule has 0 fully saturated rings. The molecule has 0 aliphatic heterocycles. The van der Waals surface area contributed by atoms with Crippen molar-refractivity contribution < 1.29 is 13.9 Å². The Balaban J connectivity index is 1.87. The van der Waals surface area contributed by atoms with Gasteiger partial charge in [-0.2, -0.15) is 5.10 Å². The summed E-state index contributed by atoms with van der Waals surface area (Å²) >= 11 is 3.21. The van der Waals surface area contributed by atoms with Gasteiger partial charge in [0.1, 0.15) is 12.3 Å². The molecule has 0 radical (unpaired) electrons. The summed E-state index contributed by atoms with van der Waals surface area (Å²) in [4.78, 5) is 11.9. The van der Waals surface area contributed by atoms with Crippen LogP contribution < -0.4 is 10.1 Å². The summed E-state index contributed by atoms with van der Waals surface area (Å²) in [7, 11) is 0. The van der Waals surface area contributed by atoms with Crippen LogP contribution in [0.2, 0.25) is 0 Å². The molecule has 1 aromatic heterocycles. The minimum Gasteiger partial charge on any atom is -0.488 e. The van der Waals surface area contributed by atoms with Gasteiger partial charge in [0.05, 0.1) is 16.7 Å². The fourth-order valence-corrected chi connectivity index (χ4v) is 1.92. The van der Waals surface area contributed by atoms with Gasteiger partial charge in [-0.3, -0.25) is 9.89 Å². The second kappa shape index (κ2) is 6.51. The highest BCUT2D eigenvalue weighted by atomic mass is 79.9. The molecule has 20 heavy (non-hydrogen) atoms. The number of amides is 1. The first-order chi connectivity index (χ1) is 9.58. The molecule has 1 aromatic carbocycles. The molecule has 0 aliphatic rings. The molecule has 2 rings (SSSR count). The van der Waals surface area contributed by atoms with E-state index in [0.717, 1.165) is 0 Å². The molecule has 106 valence electrons. The van der Waals surface area contributed by atoms with Crippen LogP contribution in [0.25, 0.3) is 0 Å². The minimum atomic E-state index is -0.428. The molecule has 2 N–H and O–H groups in total. The van der Waals surface area contributed by atoms with Crippen molar-refractivity contribution in [3.63, 3.8) is 0 Å². The molecule has 2 aromatic rings. The van der Waals surface area contributed by atoms with E-state index in [4.69, 9.17) is 4.74 Å². The molecule has 0 aliphatic carbocycles. The lowest BCUT2D eigenvalue weighted by Crippen LogP contribution is -2.37. The highest BCUT2D eigenvalue weighted by molar-refractivity contribution is 9.10. The number of aromatic nitrogens is 2. The standard InChI is InChI=1S/C13H13BrFN3O2/c1-8(7-20-11-5-3-2-4-10(11)15)17-13(19)12-9(14)6-16-18-12/h2-6,8H,7H2,1H3,(H,16,18)(H,17,19). The van der Waals surface area contributed by atoms with Crippen LogP contribution in [0.3, 0.4) is 0 Å². The van der Waals surface area contributed by atoms with Gasteiger partial charge in [0.25, 0.3) is 5.91 Å². The molecule has 1 atom stereocenters. The summed E-state index contributed by atoms with van der Waals surface area (Å²) in [6.45, 7) is 1.93. The Morgan fingerprint density at radius 3 is 2.95 bits per heavy atom. The van der Waals surface area contributed by atoms with Gasteiger partial charge < -0.3 is 10.1 Å². The van der Waals surface area contributed by atoms with Crippen molar-refractivity contribution in [3.05, 3.63) is 46.4 Å². The Hall–Kier alpha value is -1.89. The fraction of sp³-hybridized carbons (Fsp3) is 0.231. The number of hydrogen-bond donors (Lipinski definition) is 2. The third kappa shape index (κ3) is 3.57. The first-order valence-corrected chi connectivity index (χ1v) is 6.74. The predicted molar refractivity (Wildman–Crippen MR) is 75.1 cm³/mol. The first kappa shape index (κ1) is 14.5. The topological polar surface area (TPSA) is 67.0 Å². The quantitative estimate of drug-likeness (QED) is 0.877. The van der Waals surface area contributed by atoms with Crippen LogP contribution in [-0.4, -0.2) is 28.8 Å². The van der Waals surface area contributed by atoms with Gasteiger partial charge in [-0.1, -0.05) is 12.1 Å². The van der Waals surface area contributed by atoms with Gasteiger partial charge in [-0.25, -0.2) is 4.39 Å². The number of H-pyrrole nitrogens is 1. The summed E-state index contributed by atoms with van der Waals surface area (Å²) in [6.07, 6.45) is 1.50. The molecular formula is C13H13BrFN3O2. The lowest BCUT2D eigenvalue weighted by molar-refractivity contribution is 0.0920. The lowest BCUT2D eigenvalue weighted by Gasteiger charge is -2.15. The van der Waals surface area contributed by atoms with Crippen molar-refractivity contribution in [1.29, 1.82) is 0 Å². The number of hydrogen-bond acceptors (Lipinski definition) is 3. The number of nitrogens with zero attached hydrogens (tertiary/aromatic N) is 1. The van der Waals surface area contributed by atoms with Crippen molar-refractivity contribution in [2.45, 2.75) is 13.0 Å². The predicted octanol–water partition coefficient (Wildman–Crippen LogP) is 2.51. The molecule has 0 saturated carbocycles. The number of para-hydroxylation sites is 1. The van der Waals surface area contributed by atoms with Gasteiger partial charge in [0.2, 0.25) is 0 Å². The third-order valence-corrected chi connectivity index (χ3v) is 3.12. The maximum atomic E-state index is 13.3. The molecule has 0 spiro atoms. The number of rotatable bonds is 5. The smallest absolute Gasteiger partial charge is 0.270 e. The number of carbonyl (C=O) groups excluding carboxylic acids is 1. The Labute approximate surface area is 123 Å². The monoisotopic (exact) mass is 341 g/mol. The fourth-order valence-electron chi connectivity index (χ4n) is 1.54. The first-order valence-electron chi connectivity index (χ1n) is 5.95. The molecule has 1 heterocycles. The van der Waals surface area contributed by atoms with E-state index in [9.17, 15) is 9.18 Å². The van der Waals surface area contributed by atoms with Crippen molar-refractivity contribution in [2.24, 2.45) is 0 Å². The summed E-state index contributed by atoms with van der Waals surface area (Å²) in [5, 5.41) is 9.05. The number of aromatic amines is 1. The molecular weight excluding hydrogens is 329 g/mol. The van der Waals surface area contributed by atoms with Crippen LogP contribution in [0, 0.1) is 5.82 Å². The van der Waals surface area contributed by atoms with Crippen LogP contribution in [0.5, 0.6) is 5.75 Å². The Bertz CT molecular complexity index is 603. The Kier molecular flexibility index (Phi) is 4.73. The highest BCUT2D eigenvalue weighted by Crippen LogP contribution is 2.16. The number of halogens is 2. The molecule has 7 heteroatoms. The Morgan fingerprint density at radius 2 is 2.30 bits per heavy atom. The second-order valence-electron chi connectivity index (χ2n) is 4.21. The number of benzene rings is 1. The average Bonchev–Trinajstić information content (AvgIpc) is 2.84. The largest absolute Gasteiger partial charge is 0.488 e. The van der Waals surface area contributed by atoms with Gasteiger partial charge in [0.15, 0.2) is 11.6 Å². The van der Waals surface area contributed by atoms with Gasteiger partial charge in [-0.05, 0) is 35.0 Å². The maximum absolute atomic E-state index is 13.3. The van der Waals surface area contributed by atoms with E-state index in [1.165, 1.54) is 18.3 Å². The van der Waals surface area contributed by atoms with E-state index in [-0.39, 0.29) is 24.3 Å². The normalized spacial score (nSPS) is 11.9. The summed E-state index contributed by atoms with van der Waals surface area (Å²) < 4.78 is 19.2. The zero-order chi connectivity index (χ0) is 14.5. The van der Waals surface area contributed by atoms with Crippen LogP contribution in [0.1, 0.15) is 17.4 Å². The SMILES string of the molecule is CC(COc1ccccc1F)NC(=O)c1[nH]ncc1Br. The Morgan fingerprint density at radius 1 is 1.55 bits per heavy atom. The van der Waals surface area contributed by atoms with E-state index in [1.807, 2.05) is 0 Å². The van der Waals surface area contributed by atoms with Crippen LogP contribution in [0.4, 0.5) is 4.39 Å². The number of ether oxygens (including phenoxy) is 1. The van der Waals surface area contributed by atoms with Gasteiger partial charge >= 0.3 is 0 Å². The maximum Gasteiger partial charge on any atom is 0.270 e. The van der Waals surface area contributed by atoms with E-state index in [0.29, 0.717) is 10.2 Å². The van der Waals surface area contributed by atoms with Crippen LogP contribution in [-0.2, 0) is 0 Å². The molecule has 0 bridgehead atoms. The van der Waals surface area contributed by atoms with E-state index < -0.39 is 5.82 Å². The molecule has 1 unspecified atom stereocenters. The van der Waals surface area contributed by atoms with E-state index in [1.54, 1.807) is 19.1 Å². The van der Waals surface area contributed by atoms with Crippen molar-refractivity contribution in [1.82, 2.24) is 15.5 Å². The average molecular weight is 342 g/mol. The molecule has 0 saturated heterocycles. The lowest BCUT2D eigenvalue weighted by atomic mass is 10.3. The van der Waals surface area contributed by atoms with E-state index >= 15 is 0 Å². The zero-order valence-corrected chi connectivity index (χ0v) is 12.3. The summed E-state index contributed by atoms with van der Waals surface area (Å²) in [5.41, 5.74) is 0.336. The molecule has 1 amide bonds. The van der Waals surface area contributed by atoms with Crippen LogP contribution >= 0.6 is 15.9 Å². The highest BCUT2D eigenvalue weighted by Gasteiger charge is 2.15. The van der Waals surface area contributed by atoms with Crippen molar-refractivity contribution >= 4 is 21.8 Å². The van der Waals surface area contributed by atoms with Gasteiger partial charge in [-0.15, -0.1) is 0 Å². The van der Waals surface area contributed by atoms with Crippen LogP contribution in [0.15, 0.2) is 34.9 Å². The zero-order valence-electron chi connectivity index (χ0n) is 10.7. The molecule has 5 nitrogen and oxygen atoms in total. The van der Waals surface area contributed by atoms with E-state index in [2.05, 4.69) is 31.4 Å². The van der Waals surface area contributed by atoms with Gasteiger partial charge in [0, 0.05) is 0 Å². The third-order valence-electron chi connectivity index (χ3n) is 2.52. The number of nitrogens with one attached hydrogen (secondary N) is 2. The van der Waals surface area contributed by atoms with Crippen molar-refractivity contribution in [3.8, 4) is 5.75 Å². The summed E-state index contributed by atoms with van der Waals surface area (Å²) in [6, 6.07) is 5.85. The summed E-state index contributed by atoms with van der Waals surface area (Å²) in [5.74, 6) is -0.572.